The van der Waals surface area contributed by atoms with Crippen molar-refractivity contribution in [3.05, 3.63) is 52.9 Å². The highest BCUT2D eigenvalue weighted by Gasteiger charge is 2.15. The predicted octanol–water partition coefficient (Wildman–Crippen LogP) is 4.33. The summed E-state index contributed by atoms with van der Waals surface area (Å²) in [6, 6.07) is 9.87. The summed E-state index contributed by atoms with van der Waals surface area (Å²) in [6.07, 6.45) is 2.91. The first-order chi connectivity index (χ1) is 12.6. The molecule has 0 aliphatic carbocycles. The van der Waals surface area contributed by atoms with Crippen LogP contribution in [0.5, 0.6) is 0 Å². The van der Waals surface area contributed by atoms with Crippen LogP contribution in [0.1, 0.15) is 23.3 Å². The molecule has 0 fully saturated rings. The number of hydrogen-bond acceptors (Lipinski definition) is 5. The number of para-hydroxylation sites is 1. The largest absolute Gasteiger partial charge is 0.361 e. The van der Waals surface area contributed by atoms with Gasteiger partial charge in [0.25, 0.3) is 0 Å². The molecule has 2 N–H and O–H groups in total. The number of fused-ring (bicyclic) bond motifs is 1. The standard InChI is InChI=1S/C19H18N4O2S/c1-3-18-22-19(23-25-18)16-9-15(11(2)26-16)21-17(24)8-12-10-20-14-7-5-4-6-13(12)14/h4-7,9-10,20H,3,8H2,1-2H3,(H,21,24). The van der Waals surface area contributed by atoms with E-state index in [4.69, 9.17) is 4.52 Å². The molecule has 0 bridgehead atoms. The predicted molar refractivity (Wildman–Crippen MR) is 102 cm³/mol. The van der Waals surface area contributed by atoms with Crippen molar-refractivity contribution in [1.82, 2.24) is 15.1 Å². The van der Waals surface area contributed by atoms with Crippen molar-refractivity contribution in [2.45, 2.75) is 26.7 Å². The third-order valence-corrected chi connectivity index (χ3v) is 5.26. The lowest BCUT2D eigenvalue weighted by atomic mass is 10.1. The zero-order chi connectivity index (χ0) is 18.1. The SMILES string of the molecule is CCc1nc(-c2cc(NC(=O)Cc3c[nH]c4ccccc34)c(C)s2)no1. The van der Waals surface area contributed by atoms with E-state index < -0.39 is 0 Å². The zero-order valence-corrected chi connectivity index (χ0v) is 15.3. The molecule has 4 rings (SSSR count). The van der Waals surface area contributed by atoms with Crippen LogP contribution >= 0.6 is 11.3 Å². The summed E-state index contributed by atoms with van der Waals surface area (Å²) >= 11 is 1.54. The van der Waals surface area contributed by atoms with E-state index in [2.05, 4.69) is 20.4 Å². The van der Waals surface area contributed by atoms with E-state index in [9.17, 15) is 4.79 Å². The van der Waals surface area contributed by atoms with Gasteiger partial charge in [0.05, 0.1) is 17.0 Å². The van der Waals surface area contributed by atoms with Crippen LogP contribution in [0.25, 0.3) is 21.6 Å². The lowest BCUT2D eigenvalue weighted by molar-refractivity contribution is -0.115. The molecule has 0 atom stereocenters. The first-order valence-corrected chi connectivity index (χ1v) is 9.24. The van der Waals surface area contributed by atoms with Crippen LogP contribution in [0.15, 0.2) is 41.1 Å². The Bertz CT molecular complexity index is 1080. The van der Waals surface area contributed by atoms with Gasteiger partial charge in [-0.15, -0.1) is 11.3 Å². The number of H-pyrrole nitrogens is 1. The number of hydrogen-bond donors (Lipinski definition) is 2. The summed E-state index contributed by atoms with van der Waals surface area (Å²) in [6.45, 7) is 3.93. The molecule has 26 heavy (non-hydrogen) atoms. The normalized spacial score (nSPS) is 11.2. The molecule has 0 saturated carbocycles. The van der Waals surface area contributed by atoms with Crippen LogP contribution in [0.4, 0.5) is 5.69 Å². The monoisotopic (exact) mass is 366 g/mol. The van der Waals surface area contributed by atoms with Gasteiger partial charge in [0.1, 0.15) is 0 Å². The number of carbonyl (C=O) groups excluding carboxylic acids is 1. The number of thiophene rings is 1. The van der Waals surface area contributed by atoms with Gasteiger partial charge < -0.3 is 14.8 Å². The van der Waals surface area contributed by atoms with Gasteiger partial charge in [0, 0.05) is 28.4 Å². The quantitative estimate of drug-likeness (QED) is 0.550. The van der Waals surface area contributed by atoms with Crippen LogP contribution in [-0.4, -0.2) is 21.0 Å². The summed E-state index contributed by atoms with van der Waals surface area (Å²) in [4.78, 5) is 21.9. The molecular formula is C19H18N4O2S. The van der Waals surface area contributed by atoms with Crippen molar-refractivity contribution in [1.29, 1.82) is 0 Å². The van der Waals surface area contributed by atoms with Crippen molar-refractivity contribution in [3.8, 4) is 10.7 Å². The van der Waals surface area contributed by atoms with Crippen molar-refractivity contribution in [3.63, 3.8) is 0 Å². The molecule has 4 aromatic rings. The van der Waals surface area contributed by atoms with Gasteiger partial charge in [-0.3, -0.25) is 4.79 Å². The van der Waals surface area contributed by atoms with Crippen LogP contribution in [0, 0.1) is 6.92 Å². The molecule has 0 spiro atoms. The van der Waals surface area contributed by atoms with Crippen LogP contribution < -0.4 is 5.32 Å². The molecule has 1 aromatic carbocycles. The number of aryl methyl sites for hydroxylation is 2. The molecule has 0 aliphatic rings. The molecule has 7 heteroatoms. The topological polar surface area (TPSA) is 83.8 Å². The highest BCUT2D eigenvalue weighted by molar-refractivity contribution is 7.16. The fourth-order valence-electron chi connectivity index (χ4n) is 2.86. The Morgan fingerprint density at radius 2 is 2.19 bits per heavy atom. The second-order valence-corrected chi connectivity index (χ2v) is 7.29. The molecule has 0 unspecified atom stereocenters. The lowest BCUT2D eigenvalue weighted by Crippen LogP contribution is -2.14. The number of nitrogens with zero attached hydrogens (tertiary/aromatic N) is 2. The number of carbonyl (C=O) groups is 1. The molecular weight excluding hydrogens is 348 g/mol. The minimum Gasteiger partial charge on any atom is -0.361 e. The van der Waals surface area contributed by atoms with E-state index >= 15 is 0 Å². The fourth-order valence-corrected chi connectivity index (χ4v) is 3.76. The number of anilines is 1. The van der Waals surface area contributed by atoms with Crippen molar-refractivity contribution < 1.29 is 9.32 Å². The Balaban J connectivity index is 1.51. The van der Waals surface area contributed by atoms with Gasteiger partial charge in [-0.25, -0.2) is 0 Å². The average Bonchev–Trinajstić information content (AvgIpc) is 3.35. The zero-order valence-electron chi connectivity index (χ0n) is 14.5. The third kappa shape index (κ3) is 3.13. The second kappa shape index (κ2) is 6.76. The van der Waals surface area contributed by atoms with Crippen molar-refractivity contribution in [2.75, 3.05) is 5.32 Å². The van der Waals surface area contributed by atoms with Gasteiger partial charge in [0.2, 0.25) is 17.6 Å². The summed E-state index contributed by atoms with van der Waals surface area (Å²) < 4.78 is 5.16. The smallest absolute Gasteiger partial charge is 0.228 e. The second-order valence-electron chi connectivity index (χ2n) is 6.03. The van der Waals surface area contributed by atoms with Gasteiger partial charge in [-0.1, -0.05) is 30.3 Å². The number of nitrogens with one attached hydrogen (secondary N) is 2. The summed E-state index contributed by atoms with van der Waals surface area (Å²) in [5.41, 5.74) is 2.81. The molecule has 3 heterocycles. The van der Waals surface area contributed by atoms with Crippen LogP contribution in [-0.2, 0) is 17.6 Å². The molecule has 3 aromatic heterocycles. The Morgan fingerprint density at radius 3 is 3.00 bits per heavy atom. The maximum Gasteiger partial charge on any atom is 0.228 e. The first-order valence-electron chi connectivity index (χ1n) is 8.42. The van der Waals surface area contributed by atoms with E-state index in [-0.39, 0.29) is 5.91 Å². The molecule has 132 valence electrons. The van der Waals surface area contributed by atoms with Crippen LogP contribution in [0.3, 0.4) is 0 Å². The van der Waals surface area contributed by atoms with Crippen molar-refractivity contribution >= 4 is 33.8 Å². The Hall–Kier alpha value is -2.93. The van der Waals surface area contributed by atoms with E-state index in [1.165, 1.54) is 11.3 Å². The third-order valence-electron chi connectivity index (χ3n) is 4.21. The van der Waals surface area contributed by atoms with Gasteiger partial charge >= 0.3 is 0 Å². The fraction of sp³-hybridized carbons (Fsp3) is 0.211. The lowest BCUT2D eigenvalue weighted by Gasteiger charge is -2.03. The average molecular weight is 366 g/mol. The minimum atomic E-state index is -0.0513. The van der Waals surface area contributed by atoms with Gasteiger partial charge in [-0.2, -0.15) is 4.98 Å². The number of benzene rings is 1. The summed E-state index contributed by atoms with van der Waals surface area (Å²) in [7, 11) is 0. The Morgan fingerprint density at radius 1 is 1.35 bits per heavy atom. The summed E-state index contributed by atoms with van der Waals surface area (Å²) in [5, 5.41) is 8.06. The highest BCUT2D eigenvalue weighted by Crippen LogP contribution is 2.33. The van der Waals surface area contributed by atoms with Crippen LogP contribution in [0.2, 0.25) is 0 Å². The Kier molecular flexibility index (Phi) is 4.30. The number of rotatable bonds is 5. The molecule has 0 saturated heterocycles. The van der Waals surface area contributed by atoms with Crippen molar-refractivity contribution in [2.24, 2.45) is 0 Å². The molecule has 0 aliphatic heterocycles. The van der Waals surface area contributed by atoms with E-state index in [1.54, 1.807) is 0 Å². The van der Waals surface area contributed by atoms with E-state index in [1.807, 2.05) is 50.4 Å². The van der Waals surface area contributed by atoms with Gasteiger partial charge in [-0.05, 0) is 24.6 Å². The Labute approximate surface area is 154 Å². The maximum atomic E-state index is 12.5. The molecule has 0 radical (unpaired) electrons. The summed E-state index contributed by atoms with van der Waals surface area (Å²) in [5.74, 6) is 1.12. The highest BCUT2D eigenvalue weighted by atomic mass is 32.1. The minimum absolute atomic E-state index is 0.0513. The number of aromatic amines is 1. The number of amides is 1. The molecule has 6 nitrogen and oxygen atoms in total. The van der Waals surface area contributed by atoms with E-state index in [0.29, 0.717) is 24.6 Å². The number of aromatic nitrogens is 3. The maximum absolute atomic E-state index is 12.5. The first kappa shape index (κ1) is 16.5. The van der Waals surface area contributed by atoms with Gasteiger partial charge in [0.15, 0.2) is 0 Å². The van der Waals surface area contributed by atoms with E-state index in [0.717, 1.165) is 31.9 Å². The molecule has 1 amide bonds.